The average Bonchev–Trinajstić information content (AvgIpc) is 2.54. The van der Waals surface area contributed by atoms with Crippen LogP contribution in [0.2, 0.25) is 0 Å². The van der Waals surface area contributed by atoms with E-state index in [1.165, 1.54) is 0 Å². The first-order valence-electron chi connectivity index (χ1n) is 8.11. The molecule has 0 spiro atoms. The monoisotopic (exact) mass is 320 g/mol. The predicted molar refractivity (Wildman–Crippen MR) is 87.5 cm³/mol. The van der Waals surface area contributed by atoms with Gasteiger partial charge in [-0.3, -0.25) is 14.6 Å². The zero-order valence-electron chi connectivity index (χ0n) is 13.7. The Morgan fingerprint density at radius 3 is 2.74 bits per heavy atom. The number of fused-ring (bicyclic) bond motifs is 1. The molecule has 0 radical (unpaired) electrons. The maximum atomic E-state index is 12.8. The zero-order valence-corrected chi connectivity index (χ0v) is 13.7. The van der Waals surface area contributed by atoms with E-state index in [1.807, 2.05) is 13.8 Å². The smallest absolute Gasteiger partial charge is 0.269 e. The second-order valence-electron chi connectivity index (χ2n) is 6.28. The molecular weight excluding hydrogens is 296 g/mol. The van der Waals surface area contributed by atoms with Crippen molar-refractivity contribution < 1.29 is 14.3 Å². The lowest BCUT2D eigenvalue weighted by Crippen LogP contribution is -2.51. The number of nitrogens with two attached hydrogens (primary N) is 1. The summed E-state index contributed by atoms with van der Waals surface area (Å²) in [6.07, 6.45) is -0.474. The Labute approximate surface area is 136 Å². The molecule has 0 aliphatic carbocycles. The van der Waals surface area contributed by atoms with Gasteiger partial charge in [-0.25, -0.2) is 4.98 Å². The van der Waals surface area contributed by atoms with E-state index in [9.17, 15) is 4.79 Å². The summed E-state index contributed by atoms with van der Waals surface area (Å²) in [7, 11) is 0. The number of carbonyl (C=O) groups is 1. The first-order valence-corrected chi connectivity index (χ1v) is 8.11. The lowest BCUT2D eigenvalue weighted by Gasteiger charge is -2.36. The number of rotatable bonds is 4. The fourth-order valence-corrected chi connectivity index (χ4v) is 2.88. The lowest BCUT2D eigenvalue weighted by molar-refractivity contribution is -0.128. The zero-order chi connectivity index (χ0) is 16.4. The SMILES string of the molecule is CC(C)C1Oc2ccc(N)nc2N(CCN2CCOCC2)C1=O. The number of hydrogen-bond acceptors (Lipinski definition) is 6. The summed E-state index contributed by atoms with van der Waals surface area (Å²) in [6, 6.07) is 3.49. The molecule has 2 N–H and O–H groups in total. The Kier molecular flexibility index (Phi) is 4.68. The molecule has 1 saturated heterocycles. The summed E-state index contributed by atoms with van der Waals surface area (Å²) < 4.78 is 11.2. The highest BCUT2D eigenvalue weighted by molar-refractivity contribution is 5.99. The minimum atomic E-state index is -0.474. The Morgan fingerprint density at radius 2 is 2.04 bits per heavy atom. The highest BCUT2D eigenvalue weighted by Gasteiger charge is 2.37. The van der Waals surface area contributed by atoms with Crippen LogP contribution in [0.25, 0.3) is 0 Å². The van der Waals surface area contributed by atoms with Gasteiger partial charge in [-0.2, -0.15) is 0 Å². The van der Waals surface area contributed by atoms with Crippen molar-refractivity contribution in [3.63, 3.8) is 0 Å². The first kappa shape index (κ1) is 16.0. The molecule has 1 atom stereocenters. The number of anilines is 2. The molecule has 2 aliphatic heterocycles. The van der Waals surface area contributed by atoms with Crippen LogP contribution in [-0.4, -0.2) is 61.3 Å². The van der Waals surface area contributed by atoms with Gasteiger partial charge in [0.15, 0.2) is 17.7 Å². The van der Waals surface area contributed by atoms with Gasteiger partial charge in [-0.05, 0) is 18.1 Å². The summed E-state index contributed by atoms with van der Waals surface area (Å²) in [5.74, 6) is 1.59. The van der Waals surface area contributed by atoms with E-state index in [0.29, 0.717) is 23.9 Å². The van der Waals surface area contributed by atoms with E-state index in [2.05, 4.69) is 9.88 Å². The molecule has 7 nitrogen and oxygen atoms in total. The Balaban J connectivity index is 1.80. The highest BCUT2D eigenvalue weighted by atomic mass is 16.5. The van der Waals surface area contributed by atoms with E-state index in [4.69, 9.17) is 15.2 Å². The van der Waals surface area contributed by atoms with Crippen LogP contribution < -0.4 is 15.4 Å². The van der Waals surface area contributed by atoms with Crippen molar-refractivity contribution in [3.05, 3.63) is 12.1 Å². The van der Waals surface area contributed by atoms with Crippen LogP contribution in [0, 0.1) is 5.92 Å². The molecule has 2 aliphatic rings. The molecule has 0 aromatic carbocycles. The molecule has 3 rings (SSSR count). The van der Waals surface area contributed by atoms with Crippen molar-refractivity contribution in [1.82, 2.24) is 9.88 Å². The van der Waals surface area contributed by atoms with Crippen LogP contribution in [0.15, 0.2) is 12.1 Å². The van der Waals surface area contributed by atoms with Crippen LogP contribution in [-0.2, 0) is 9.53 Å². The van der Waals surface area contributed by atoms with E-state index >= 15 is 0 Å². The van der Waals surface area contributed by atoms with Crippen LogP contribution in [0.5, 0.6) is 5.75 Å². The number of nitrogen functional groups attached to an aromatic ring is 1. The number of hydrogen-bond donors (Lipinski definition) is 1. The molecule has 0 bridgehead atoms. The molecule has 23 heavy (non-hydrogen) atoms. The summed E-state index contributed by atoms with van der Waals surface area (Å²) in [5, 5.41) is 0. The van der Waals surface area contributed by atoms with Gasteiger partial charge in [0.1, 0.15) is 5.82 Å². The summed E-state index contributed by atoms with van der Waals surface area (Å²) >= 11 is 0. The van der Waals surface area contributed by atoms with Gasteiger partial charge in [-0.15, -0.1) is 0 Å². The number of ether oxygens (including phenoxy) is 2. The number of pyridine rings is 1. The van der Waals surface area contributed by atoms with Crippen LogP contribution >= 0.6 is 0 Å². The molecule has 1 unspecified atom stereocenters. The molecule has 1 amide bonds. The largest absolute Gasteiger partial charge is 0.476 e. The summed E-state index contributed by atoms with van der Waals surface area (Å²) in [4.78, 5) is 21.1. The Morgan fingerprint density at radius 1 is 1.30 bits per heavy atom. The first-order chi connectivity index (χ1) is 11.1. The van der Waals surface area contributed by atoms with E-state index in [0.717, 1.165) is 32.8 Å². The molecule has 1 aromatic rings. The topological polar surface area (TPSA) is 80.9 Å². The summed E-state index contributed by atoms with van der Waals surface area (Å²) in [6.45, 7) is 8.61. The third-order valence-corrected chi connectivity index (χ3v) is 4.23. The minimum Gasteiger partial charge on any atom is -0.476 e. The highest BCUT2D eigenvalue weighted by Crippen LogP contribution is 2.34. The van der Waals surface area contributed by atoms with E-state index in [-0.39, 0.29) is 11.8 Å². The molecule has 1 fully saturated rings. The number of carbonyl (C=O) groups excluding carboxylic acids is 1. The second kappa shape index (κ2) is 6.72. The van der Waals surface area contributed by atoms with Crippen LogP contribution in [0.4, 0.5) is 11.6 Å². The van der Waals surface area contributed by atoms with Crippen molar-refractivity contribution in [3.8, 4) is 5.75 Å². The van der Waals surface area contributed by atoms with Gasteiger partial charge < -0.3 is 15.2 Å². The van der Waals surface area contributed by atoms with Gasteiger partial charge >= 0.3 is 0 Å². The van der Waals surface area contributed by atoms with Crippen LogP contribution in [0.3, 0.4) is 0 Å². The molecule has 1 aromatic heterocycles. The normalized spacial score (nSPS) is 22.1. The fraction of sp³-hybridized carbons (Fsp3) is 0.625. The van der Waals surface area contributed by atoms with Gasteiger partial charge in [0.05, 0.1) is 13.2 Å². The minimum absolute atomic E-state index is 0.0427. The maximum Gasteiger partial charge on any atom is 0.269 e. The Hall–Kier alpha value is -1.86. The lowest BCUT2D eigenvalue weighted by atomic mass is 10.0. The summed E-state index contributed by atoms with van der Waals surface area (Å²) in [5.41, 5.74) is 5.79. The van der Waals surface area contributed by atoms with Gasteiger partial charge in [0, 0.05) is 26.2 Å². The van der Waals surface area contributed by atoms with Crippen molar-refractivity contribution in [1.29, 1.82) is 0 Å². The molecule has 126 valence electrons. The standard InChI is InChI=1S/C16H24N4O3/c1-11(2)14-16(21)20(6-5-19-7-9-22-10-8-19)15-12(23-14)3-4-13(17)18-15/h3-4,11,14H,5-10H2,1-2H3,(H2,17,18). The number of amides is 1. The van der Waals surface area contributed by atoms with Gasteiger partial charge in [0.2, 0.25) is 0 Å². The molecular formula is C16H24N4O3. The molecule has 3 heterocycles. The van der Waals surface area contributed by atoms with Gasteiger partial charge in [0.25, 0.3) is 5.91 Å². The third-order valence-electron chi connectivity index (χ3n) is 4.23. The van der Waals surface area contributed by atoms with Crippen molar-refractivity contribution in [2.24, 2.45) is 5.92 Å². The number of aromatic nitrogens is 1. The van der Waals surface area contributed by atoms with Gasteiger partial charge in [-0.1, -0.05) is 13.8 Å². The van der Waals surface area contributed by atoms with E-state index < -0.39 is 6.10 Å². The fourth-order valence-electron chi connectivity index (χ4n) is 2.88. The maximum absolute atomic E-state index is 12.8. The van der Waals surface area contributed by atoms with Crippen LogP contribution in [0.1, 0.15) is 13.8 Å². The second-order valence-corrected chi connectivity index (χ2v) is 6.28. The van der Waals surface area contributed by atoms with Crippen molar-refractivity contribution in [2.75, 3.05) is 50.0 Å². The quantitative estimate of drug-likeness (QED) is 0.881. The molecule has 7 heteroatoms. The van der Waals surface area contributed by atoms with Crippen molar-refractivity contribution >= 4 is 17.5 Å². The number of morpholine rings is 1. The predicted octanol–water partition coefficient (Wildman–Crippen LogP) is 0.746. The van der Waals surface area contributed by atoms with Crippen molar-refractivity contribution in [2.45, 2.75) is 20.0 Å². The average molecular weight is 320 g/mol. The Bertz CT molecular complexity index is 572. The third kappa shape index (κ3) is 3.40. The molecule has 0 saturated carbocycles. The van der Waals surface area contributed by atoms with E-state index in [1.54, 1.807) is 17.0 Å². The number of nitrogens with zero attached hydrogens (tertiary/aromatic N) is 3.